The molecule has 20 heavy (non-hydrogen) atoms. The maximum Gasteiger partial charge on any atom is 0.226 e. The van der Waals surface area contributed by atoms with Gasteiger partial charge in [0, 0.05) is 18.5 Å². The maximum absolute atomic E-state index is 13.1. The molecule has 0 aliphatic carbocycles. The van der Waals surface area contributed by atoms with Gasteiger partial charge < -0.3 is 4.90 Å². The minimum absolute atomic E-state index is 0.0447. The summed E-state index contributed by atoms with van der Waals surface area (Å²) >= 11 is 6.07. The zero-order valence-electron chi connectivity index (χ0n) is 11.4. The zero-order valence-corrected chi connectivity index (χ0v) is 12.2. The standard InChI is InChI=1S/C15H18ClF2NO/c1-10(16)12-4-6-19(7-5-12)15(20)9-11-2-3-13(17)14(18)8-11/h2-3,8,10,12H,4-7,9H2,1H3. The van der Waals surface area contributed by atoms with Crippen LogP contribution >= 0.6 is 11.6 Å². The first-order valence-electron chi connectivity index (χ1n) is 6.83. The van der Waals surface area contributed by atoms with Crippen LogP contribution in [0.1, 0.15) is 25.3 Å². The van der Waals surface area contributed by atoms with E-state index in [1.807, 2.05) is 6.92 Å². The molecule has 5 heteroatoms. The third-order valence-corrected chi connectivity index (χ3v) is 4.24. The number of hydrogen-bond donors (Lipinski definition) is 0. The number of halogens is 3. The van der Waals surface area contributed by atoms with E-state index in [2.05, 4.69) is 0 Å². The number of likely N-dealkylation sites (tertiary alicyclic amines) is 1. The SMILES string of the molecule is CC(Cl)C1CCN(C(=O)Cc2ccc(F)c(F)c2)CC1. The summed E-state index contributed by atoms with van der Waals surface area (Å²) < 4.78 is 25.9. The van der Waals surface area contributed by atoms with Gasteiger partial charge in [0.2, 0.25) is 5.91 Å². The lowest BCUT2D eigenvalue weighted by Crippen LogP contribution is -2.40. The molecule has 1 unspecified atom stereocenters. The highest BCUT2D eigenvalue weighted by molar-refractivity contribution is 6.20. The van der Waals surface area contributed by atoms with Crippen LogP contribution in [0.2, 0.25) is 0 Å². The molecule has 1 fully saturated rings. The zero-order chi connectivity index (χ0) is 14.7. The number of hydrogen-bond acceptors (Lipinski definition) is 1. The maximum atomic E-state index is 13.1. The van der Waals surface area contributed by atoms with E-state index in [-0.39, 0.29) is 17.7 Å². The summed E-state index contributed by atoms with van der Waals surface area (Å²) in [5.41, 5.74) is 0.502. The van der Waals surface area contributed by atoms with Gasteiger partial charge in [-0.3, -0.25) is 4.79 Å². The molecular weight excluding hydrogens is 284 g/mol. The summed E-state index contributed by atoms with van der Waals surface area (Å²) in [5.74, 6) is -1.40. The Hall–Kier alpha value is -1.16. The van der Waals surface area contributed by atoms with E-state index in [0.717, 1.165) is 25.0 Å². The predicted molar refractivity (Wildman–Crippen MR) is 74.7 cm³/mol. The average Bonchev–Trinajstić information content (AvgIpc) is 2.43. The van der Waals surface area contributed by atoms with E-state index in [4.69, 9.17) is 11.6 Å². The van der Waals surface area contributed by atoms with E-state index in [1.165, 1.54) is 6.07 Å². The first kappa shape index (κ1) is 15.2. The van der Waals surface area contributed by atoms with Crippen molar-refractivity contribution in [2.45, 2.75) is 31.6 Å². The molecule has 0 N–H and O–H groups in total. The summed E-state index contributed by atoms with van der Waals surface area (Å²) in [6.45, 7) is 3.35. The Balaban J connectivity index is 1.91. The first-order chi connectivity index (χ1) is 9.47. The molecule has 2 nitrogen and oxygen atoms in total. The summed E-state index contributed by atoms with van der Waals surface area (Å²) in [7, 11) is 0. The monoisotopic (exact) mass is 301 g/mol. The third kappa shape index (κ3) is 3.69. The summed E-state index contributed by atoms with van der Waals surface area (Å²) in [6.07, 6.45) is 1.90. The van der Waals surface area contributed by atoms with Gasteiger partial charge in [0.05, 0.1) is 6.42 Å². The number of nitrogens with zero attached hydrogens (tertiary/aromatic N) is 1. The topological polar surface area (TPSA) is 20.3 Å². The van der Waals surface area contributed by atoms with Crippen LogP contribution in [0.15, 0.2) is 18.2 Å². The molecule has 1 aromatic rings. The van der Waals surface area contributed by atoms with Gasteiger partial charge in [-0.2, -0.15) is 0 Å². The van der Waals surface area contributed by atoms with Crippen LogP contribution in [0.5, 0.6) is 0 Å². The number of alkyl halides is 1. The highest BCUT2D eigenvalue weighted by Gasteiger charge is 2.25. The van der Waals surface area contributed by atoms with Gasteiger partial charge in [0.15, 0.2) is 11.6 Å². The van der Waals surface area contributed by atoms with Crippen molar-refractivity contribution in [3.63, 3.8) is 0 Å². The van der Waals surface area contributed by atoms with E-state index in [9.17, 15) is 13.6 Å². The van der Waals surface area contributed by atoms with Crippen LogP contribution < -0.4 is 0 Å². The molecule has 0 aromatic heterocycles. The molecule has 0 saturated carbocycles. The van der Waals surface area contributed by atoms with Crippen LogP contribution in [0, 0.1) is 17.6 Å². The lowest BCUT2D eigenvalue weighted by atomic mass is 9.93. The molecule has 0 spiro atoms. The van der Waals surface area contributed by atoms with Gasteiger partial charge in [-0.15, -0.1) is 11.6 Å². The van der Waals surface area contributed by atoms with Crippen molar-refractivity contribution in [3.05, 3.63) is 35.4 Å². The first-order valence-corrected chi connectivity index (χ1v) is 7.27. The number of carbonyl (C=O) groups excluding carboxylic acids is 1. The highest BCUT2D eigenvalue weighted by Crippen LogP contribution is 2.24. The molecule has 1 atom stereocenters. The Morgan fingerprint density at radius 1 is 1.35 bits per heavy atom. The van der Waals surface area contributed by atoms with Crippen LogP contribution in [0.3, 0.4) is 0 Å². The van der Waals surface area contributed by atoms with Crippen molar-refractivity contribution in [2.24, 2.45) is 5.92 Å². The molecule has 1 aliphatic rings. The summed E-state index contributed by atoms with van der Waals surface area (Å²) in [5, 5.41) is 0.124. The second-order valence-electron chi connectivity index (χ2n) is 5.32. The molecule has 1 saturated heterocycles. The van der Waals surface area contributed by atoms with Crippen molar-refractivity contribution < 1.29 is 13.6 Å². The minimum Gasteiger partial charge on any atom is -0.342 e. The molecule has 1 amide bonds. The van der Waals surface area contributed by atoms with Crippen molar-refractivity contribution in [3.8, 4) is 0 Å². The van der Waals surface area contributed by atoms with Gasteiger partial charge in [0.25, 0.3) is 0 Å². The fourth-order valence-electron chi connectivity index (χ4n) is 2.54. The molecule has 1 aromatic carbocycles. The third-order valence-electron chi connectivity index (χ3n) is 3.88. The molecular formula is C15H18ClF2NO. The van der Waals surface area contributed by atoms with Crippen molar-refractivity contribution >= 4 is 17.5 Å². The van der Waals surface area contributed by atoms with Crippen LogP contribution in [-0.4, -0.2) is 29.3 Å². The van der Waals surface area contributed by atoms with Gasteiger partial charge in [0.1, 0.15) is 0 Å². The molecule has 0 radical (unpaired) electrons. The van der Waals surface area contributed by atoms with E-state index in [0.29, 0.717) is 24.6 Å². The quantitative estimate of drug-likeness (QED) is 0.784. The lowest BCUT2D eigenvalue weighted by Gasteiger charge is -2.33. The Morgan fingerprint density at radius 2 is 2.00 bits per heavy atom. The fourth-order valence-corrected chi connectivity index (χ4v) is 2.80. The Labute approximate surface area is 122 Å². The Bertz CT molecular complexity index is 485. The average molecular weight is 302 g/mol. The lowest BCUT2D eigenvalue weighted by molar-refractivity contribution is -0.131. The van der Waals surface area contributed by atoms with Crippen molar-refractivity contribution in [2.75, 3.05) is 13.1 Å². The van der Waals surface area contributed by atoms with Gasteiger partial charge in [-0.25, -0.2) is 8.78 Å². The van der Waals surface area contributed by atoms with Gasteiger partial charge >= 0.3 is 0 Å². The van der Waals surface area contributed by atoms with Crippen molar-refractivity contribution in [1.82, 2.24) is 4.90 Å². The number of amides is 1. The fraction of sp³-hybridized carbons (Fsp3) is 0.533. The Morgan fingerprint density at radius 3 is 2.55 bits per heavy atom. The molecule has 1 aliphatic heterocycles. The van der Waals surface area contributed by atoms with Crippen LogP contribution in [0.25, 0.3) is 0 Å². The number of benzene rings is 1. The van der Waals surface area contributed by atoms with Gasteiger partial charge in [-0.1, -0.05) is 6.07 Å². The number of rotatable bonds is 3. The Kier molecular flexibility index (Phi) is 4.97. The van der Waals surface area contributed by atoms with Crippen LogP contribution in [-0.2, 0) is 11.2 Å². The highest BCUT2D eigenvalue weighted by atomic mass is 35.5. The number of piperidine rings is 1. The largest absolute Gasteiger partial charge is 0.342 e. The molecule has 0 bridgehead atoms. The minimum atomic E-state index is -0.912. The second kappa shape index (κ2) is 6.53. The molecule has 110 valence electrons. The second-order valence-corrected chi connectivity index (χ2v) is 6.01. The van der Waals surface area contributed by atoms with Gasteiger partial charge in [-0.05, 0) is 43.4 Å². The predicted octanol–water partition coefficient (Wildman–Crippen LogP) is 3.37. The van der Waals surface area contributed by atoms with Crippen LogP contribution in [0.4, 0.5) is 8.78 Å². The van der Waals surface area contributed by atoms with Crippen molar-refractivity contribution in [1.29, 1.82) is 0 Å². The summed E-state index contributed by atoms with van der Waals surface area (Å²) in [4.78, 5) is 13.9. The number of carbonyl (C=O) groups is 1. The van der Waals surface area contributed by atoms with E-state index in [1.54, 1.807) is 4.90 Å². The van der Waals surface area contributed by atoms with E-state index < -0.39 is 11.6 Å². The molecule has 2 rings (SSSR count). The summed E-state index contributed by atoms with van der Waals surface area (Å²) in [6, 6.07) is 3.59. The smallest absolute Gasteiger partial charge is 0.226 e. The van der Waals surface area contributed by atoms with E-state index >= 15 is 0 Å². The molecule has 1 heterocycles. The normalized spacial score (nSPS) is 18.1.